The molecule has 0 aliphatic rings. The summed E-state index contributed by atoms with van der Waals surface area (Å²) in [4.78, 5) is 16.7. The fraction of sp³-hybridized carbons (Fsp3) is 0.143. The lowest BCUT2D eigenvalue weighted by molar-refractivity contribution is 0.102. The summed E-state index contributed by atoms with van der Waals surface area (Å²) in [5, 5.41) is 14.0. The number of aromatic amines is 1. The Hall–Kier alpha value is -3.94. The maximum atomic E-state index is 12.4. The second-order valence-electron chi connectivity index (χ2n) is 6.40. The van der Waals surface area contributed by atoms with E-state index >= 15 is 0 Å². The number of rotatable bonds is 7. The summed E-state index contributed by atoms with van der Waals surface area (Å²) in [5.41, 5.74) is 2.50. The van der Waals surface area contributed by atoms with Crippen molar-refractivity contribution >= 4 is 11.7 Å². The van der Waals surface area contributed by atoms with Gasteiger partial charge < -0.3 is 10.1 Å². The smallest absolute Gasteiger partial charge is 0.258 e. The number of carbonyl (C=O) groups is 1. The van der Waals surface area contributed by atoms with Gasteiger partial charge in [-0.2, -0.15) is 10.2 Å². The average Bonchev–Trinajstić information content (AvgIpc) is 3.45. The lowest BCUT2D eigenvalue weighted by atomic mass is 10.1. The number of hydrogen-bond donors (Lipinski definition) is 2. The SMILES string of the molecule is COc1ccccc1CCc1cc(NC(=O)c2ccc(-n3cccn3)nc2)n[nH]1. The van der Waals surface area contributed by atoms with Crippen LogP contribution >= 0.6 is 0 Å². The van der Waals surface area contributed by atoms with Crippen LogP contribution in [0.15, 0.2) is 67.1 Å². The van der Waals surface area contributed by atoms with Crippen LogP contribution in [0.3, 0.4) is 0 Å². The Balaban J connectivity index is 1.36. The Morgan fingerprint density at radius 1 is 1.17 bits per heavy atom. The molecule has 146 valence electrons. The van der Waals surface area contributed by atoms with Crippen molar-refractivity contribution in [3.05, 3.63) is 83.9 Å². The minimum atomic E-state index is -0.271. The minimum absolute atomic E-state index is 0.271. The Kier molecular flexibility index (Phi) is 5.33. The fourth-order valence-corrected chi connectivity index (χ4v) is 2.98. The van der Waals surface area contributed by atoms with Gasteiger partial charge in [-0.15, -0.1) is 0 Å². The van der Waals surface area contributed by atoms with Gasteiger partial charge in [-0.05, 0) is 42.7 Å². The molecule has 0 atom stereocenters. The summed E-state index contributed by atoms with van der Waals surface area (Å²) in [6, 6.07) is 15.0. The number of amides is 1. The van der Waals surface area contributed by atoms with E-state index in [2.05, 4.69) is 25.6 Å². The van der Waals surface area contributed by atoms with Crippen LogP contribution in [0.5, 0.6) is 5.75 Å². The van der Waals surface area contributed by atoms with Crippen LogP contribution in [-0.4, -0.2) is 38.0 Å². The van der Waals surface area contributed by atoms with Crippen molar-refractivity contribution < 1.29 is 9.53 Å². The summed E-state index contributed by atoms with van der Waals surface area (Å²) in [5.74, 6) is 1.71. The van der Waals surface area contributed by atoms with Gasteiger partial charge >= 0.3 is 0 Å². The molecule has 1 amide bonds. The number of benzene rings is 1. The quantitative estimate of drug-likeness (QED) is 0.507. The van der Waals surface area contributed by atoms with Crippen molar-refractivity contribution in [1.29, 1.82) is 0 Å². The number of methoxy groups -OCH3 is 1. The fourth-order valence-electron chi connectivity index (χ4n) is 2.98. The first-order valence-corrected chi connectivity index (χ1v) is 9.16. The third kappa shape index (κ3) is 4.32. The number of anilines is 1. The maximum Gasteiger partial charge on any atom is 0.258 e. The Bertz CT molecular complexity index is 1090. The molecule has 3 aromatic heterocycles. The van der Waals surface area contributed by atoms with E-state index < -0.39 is 0 Å². The zero-order valence-corrected chi connectivity index (χ0v) is 15.9. The molecule has 4 aromatic rings. The molecule has 2 N–H and O–H groups in total. The number of hydrogen-bond acceptors (Lipinski definition) is 5. The monoisotopic (exact) mass is 388 g/mol. The zero-order chi connectivity index (χ0) is 20.1. The first kappa shape index (κ1) is 18.4. The number of H-pyrrole nitrogens is 1. The molecule has 0 radical (unpaired) electrons. The van der Waals surface area contributed by atoms with E-state index in [1.165, 1.54) is 6.20 Å². The highest BCUT2D eigenvalue weighted by Crippen LogP contribution is 2.19. The maximum absolute atomic E-state index is 12.4. The molecule has 8 heteroatoms. The Morgan fingerprint density at radius 2 is 2.07 bits per heavy atom. The first-order valence-electron chi connectivity index (χ1n) is 9.16. The summed E-state index contributed by atoms with van der Waals surface area (Å²) >= 11 is 0. The second-order valence-corrected chi connectivity index (χ2v) is 6.40. The van der Waals surface area contributed by atoms with Crippen LogP contribution in [0.1, 0.15) is 21.6 Å². The second kappa shape index (κ2) is 8.39. The lowest BCUT2D eigenvalue weighted by Gasteiger charge is -2.06. The van der Waals surface area contributed by atoms with E-state index in [0.717, 1.165) is 29.8 Å². The van der Waals surface area contributed by atoms with Crippen molar-refractivity contribution in [3.8, 4) is 11.6 Å². The van der Waals surface area contributed by atoms with E-state index in [4.69, 9.17) is 4.74 Å². The molecule has 4 rings (SSSR count). The number of ether oxygens (including phenoxy) is 1. The normalized spacial score (nSPS) is 10.7. The van der Waals surface area contributed by atoms with Crippen LogP contribution in [0, 0.1) is 0 Å². The van der Waals surface area contributed by atoms with Crippen molar-refractivity contribution in [3.63, 3.8) is 0 Å². The van der Waals surface area contributed by atoms with E-state index in [1.807, 2.05) is 36.4 Å². The molecular formula is C21H20N6O2. The molecule has 0 unspecified atom stereocenters. The van der Waals surface area contributed by atoms with Gasteiger partial charge in [-0.1, -0.05) is 18.2 Å². The number of pyridine rings is 1. The van der Waals surface area contributed by atoms with Crippen molar-refractivity contribution in [2.45, 2.75) is 12.8 Å². The number of aromatic nitrogens is 5. The molecule has 0 saturated heterocycles. The highest BCUT2D eigenvalue weighted by Gasteiger charge is 2.10. The molecule has 0 bridgehead atoms. The van der Waals surface area contributed by atoms with Gasteiger partial charge in [-0.3, -0.25) is 9.89 Å². The topological polar surface area (TPSA) is 97.7 Å². The average molecular weight is 388 g/mol. The van der Waals surface area contributed by atoms with Gasteiger partial charge in [0.1, 0.15) is 5.75 Å². The highest BCUT2D eigenvalue weighted by atomic mass is 16.5. The van der Waals surface area contributed by atoms with Gasteiger partial charge in [0.2, 0.25) is 0 Å². The molecule has 1 aromatic carbocycles. The molecule has 0 spiro atoms. The molecule has 0 saturated carbocycles. The van der Waals surface area contributed by atoms with E-state index in [-0.39, 0.29) is 5.91 Å². The number of nitrogens with one attached hydrogen (secondary N) is 2. The molecule has 29 heavy (non-hydrogen) atoms. The van der Waals surface area contributed by atoms with Crippen LogP contribution in [0.2, 0.25) is 0 Å². The molecule has 3 heterocycles. The Morgan fingerprint density at radius 3 is 2.83 bits per heavy atom. The van der Waals surface area contributed by atoms with E-state index in [1.54, 1.807) is 36.3 Å². The summed E-state index contributed by atoms with van der Waals surface area (Å²) in [6.07, 6.45) is 6.53. The number of aryl methyl sites for hydroxylation is 2. The van der Waals surface area contributed by atoms with Crippen LogP contribution in [-0.2, 0) is 12.8 Å². The largest absolute Gasteiger partial charge is 0.496 e. The first-order chi connectivity index (χ1) is 14.2. The van der Waals surface area contributed by atoms with Gasteiger partial charge in [0, 0.05) is 30.4 Å². The standard InChI is InChI=1S/C21H20N6O2/c1-29-18-6-3-2-5-15(18)7-9-17-13-19(26-25-17)24-21(28)16-8-10-20(22-14-16)27-12-4-11-23-27/h2-6,8,10-14H,7,9H2,1H3,(H2,24,25,26,28). The summed E-state index contributed by atoms with van der Waals surface area (Å²) < 4.78 is 7.01. The predicted molar refractivity (Wildman–Crippen MR) is 108 cm³/mol. The van der Waals surface area contributed by atoms with Crippen molar-refractivity contribution in [2.75, 3.05) is 12.4 Å². The molecule has 8 nitrogen and oxygen atoms in total. The zero-order valence-electron chi connectivity index (χ0n) is 15.9. The molecule has 0 fully saturated rings. The molecule has 0 aliphatic heterocycles. The van der Waals surface area contributed by atoms with Crippen LogP contribution < -0.4 is 10.1 Å². The van der Waals surface area contributed by atoms with Gasteiger partial charge in [0.25, 0.3) is 5.91 Å². The Labute approximate surface area is 167 Å². The van der Waals surface area contributed by atoms with Crippen LogP contribution in [0.4, 0.5) is 5.82 Å². The third-order valence-corrected chi connectivity index (χ3v) is 4.48. The number of carbonyl (C=O) groups excluding carboxylic acids is 1. The van der Waals surface area contributed by atoms with Gasteiger partial charge in [0.05, 0.1) is 12.7 Å². The van der Waals surface area contributed by atoms with E-state index in [0.29, 0.717) is 17.2 Å². The van der Waals surface area contributed by atoms with Crippen LogP contribution in [0.25, 0.3) is 5.82 Å². The summed E-state index contributed by atoms with van der Waals surface area (Å²) in [6.45, 7) is 0. The third-order valence-electron chi connectivity index (χ3n) is 4.48. The molecule has 0 aliphatic carbocycles. The van der Waals surface area contributed by atoms with Crippen molar-refractivity contribution in [1.82, 2.24) is 25.0 Å². The number of para-hydroxylation sites is 1. The van der Waals surface area contributed by atoms with E-state index in [9.17, 15) is 4.79 Å². The predicted octanol–water partition coefficient (Wildman–Crippen LogP) is 3.04. The van der Waals surface area contributed by atoms with Crippen molar-refractivity contribution in [2.24, 2.45) is 0 Å². The van der Waals surface area contributed by atoms with Gasteiger partial charge in [0.15, 0.2) is 11.6 Å². The number of nitrogens with zero attached hydrogens (tertiary/aromatic N) is 4. The summed E-state index contributed by atoms with van der Waals surface area (Å²) in [7, 11) is 1.67. The highest BCUT2D eigenvalue weighted by molar-refractivity contribution is 6.03. The minimum Gasteiger partial charge on any atom is -0.496 e. The molecular weight excluding hydrogens is 368 g/mol. The lowest BCUT2D eigenvalue weighted by Crippen LogP contribution is -2.13. The van der Waals surface area contributed by atoms with Gasteiger partial charge in [-0.25, -0.2) is 9.67 Å².